The molecule has 0 amide bonds. The Morgan fingerprint density at radius 3 is 1.46 bits per heavy atom. The maximum atomic E-state index is 12.1. The van der Waals surface area contributed by atoms with Crippen LogP contribution in [0.1, 0.15) is 127 Å². The van der Waals surface area contributed by atoms with Gasteiger partial charge in [-0.2, -0.15) is 10.2 Å². The Hall–Kier alpha value is -5.52. The van der Waals surface area contributed by atoms with Crippen LogP contribution in [-0.2, 0) is 0 Å². The van der Waals surface area contributed by atoms with Gasteiger partial charge in [0.25, 0.3) is 0 Å². The van der Waals surface area contributed by atoms with Crippen LogP contribution in [-0.4, -0.2) is 64.8 Å². The van der Waals surface area contributed by atoms with Gasteiger partial charge in [-0.15, -0.1) is 0 Å². The average molecular weight is 652 g/mol. The zero-order chi connectivity index (χ0) is 37.7. The number of fused-ring (bicyclic) bond motifs is 3. The lowest BCUT2D eigenvalue weighted by Gasteiger charge is -2.15. The van der Waals surface area contributed by atoms with Crippen molar-refractivity contribution in [3.8, 4) is 0 Å². The summed E-state index contributed by atoms with van der Waals surface area (Å²) in [7, 11) is 0. The quantitative estimate of drug-likeness (QED) is 0.328. The number of rotatable bonds is 6. The number of hydrogen-bond acceptors (Lipinski definition) is 12. The summed E-state index contributed by atoms with van der Waals surface area (Å²) in [5.41, 5.74) is 1.77. The van der Waals surface area contributed by atoms with Gasteiger partial charge in [0.2, 0.25) is 11.6 Å². The third-order valence-corrected chi connectivity index (χ3v) is 7.02. The number of ketones is 6. The summed E-state index contributed by atoms with van der Waals surface area (Å²) in [5.74, 6) is -1.62. The minimum absolute atomic E-state index is 0.0440. The van der Waals surface area contributed by atoms with Crippen LogP contribution in [0.25, 0.3) is 0 Å². The van der Waals surface area contributed by atoms with Crippen molar-refractivity contribution < 1.29 is 32.9 Å². The first kappa shape index (κ1) is 31.1. The molecule has 246 valence electrons. The number of Topliss-reactive ketones (excluding diaryl/α,β-unsaturated/α-hetero) is 3. The highest BCUT2D eigenvalue weighted by molar-refractivity contribution is 6.25. The van der Waals surface area contributed by atoms with E-state index in [0.29, 0.717) is 19.3 Å². The summed E-state index contributed by atoms with van der Waals surface area (Å²) in [6.07, 6.45) is 8.92. The predicted octanol–water partition coefficient (Wildman–Crippen LogP) is 5.48. The van der Waals surface area contributed by atoms with Gasteiger partial charge >= 0.3 is 0 Å². The number of carbonyl (C=O) groups is 6. The lowest BCUT2D eigenvalue weighted by atomic mass is 9.87. The molecule has 0 fully saturated rings. The standard InChI is InChI=1S/3C12H12N2O2/c1-7(2)3-8-4-11(15)9-5-13-14-6-10(9)12(8)16;1-7(2)3-8-4-10(15)11-9(12(8)16)5-13-6-14-11;1-7(2)3-8-4-10(15)9-5-13-6-14-11(9)12(8)16/h3*4-7H,3H2,1-2H3/i3*4D. The molecule has 0 bridgehead atoms. The van der Waals surface area contributed by atoms with Crippen molar-refractivity contribution >= 4 is 34.7 Å². The van der Waals surface area contributed by atoms with Crippen LogP contribution in [0.2, 0.25) is 0 Å². The fourth-order valence-electron chi connectivity index (χ4n) is 4.94. The van der Waals surface area contributed by atoms with Crippen molar-refractivity contribution in [3.63, 3.8) is 0 Å². The van der Waals surface area contributed by atoms with Crippen molar-refractivity contribution in [1.82, 2.24) is 30.1 Å². The fraction of sp³-hybridized carbons (Fsp3) is 0.333. The van der Waals surface area contributed by atoms with Crippen LogP contribution in [0.5, 0.6) is 0 Å². The van der Waals surface area contributed by atoms with E-state index >= 15 is 0 Å². The van der Waals surface area contributed by atoms with Gasteiger partial charge in [0.1, 0.15) is 24.0 Å². The van der Waals surface area contributed by atoms with Gasteiger partial charge in [-0.25, -0.2) is 19.9 Å². The first-order valence-corrected chi connectivity index (χ1v) is 15.3. The predicted molar refractivity (Wildman–Crippen MR) is 175 cm³/mol. The molecule has 0 spiro atoms. The molecule has 0 saturated carbocycles. The van der Waals surface area contributed by atoms with E-state index in [1.165, 1.54) is 37.4 Å². The van der Waals surface area contributed by atoms with E-state index < -0.39 is 17.3 Å². The minimum Gasteiger partial charge on any atom is -0.289 e. The first-order valence-electron chi connectivity index (χ1n) is 16.8. The molecule has 3 aromatic rings. The van der Waals surface area contributed by atoms with Crippen molar-refractivity contribution in [2.75, 3.05) is 0 Å². The largest absolute Gasteiger partial charge is 0.289 e. The van der Waals surface area contributed by atoms with Crippen LogP contribution in [0.15, 0.2) is 72.3 Å². The van der Waals surface area contributed by atoms with Crippen molar-refractivity contribution in [2.45, 2.75) is 60.8 Å². The zero-order valence-corrected chi connectivity index (χ0v) is 27.5. The van der Waals surface area contributed by atoms with Crippen LogP contribution >= 0.6 is 0 Å². The maximum absolute atomic E-state index is 12.1. The first-order chi connectivity index (χ1) is 24.1. The van der Waals surface area contributed by atoms with Crippen molar-refractivity contribution in [1.29, 1.82) is 0 Å². The highest BCUT2D eigenvalue weighted by Crippen LogP contribution is 2.25. The summed E-state index contributed by atoms with van der Waals surface area (Å²) in [4.78, 5) is 87.0. The Balaban J connectivity index is 0.000000172. The minimum atomic E-state index is -0.488. The number of carbonyl (C=O) groups excluding carboxylic acids is 6. The van der Waals surface area contributed by atoms with Gasteiger partial charge in [-0.3, -0.25) is 28.8 Å². The fourth-order valence-corrected chi connectivity index (χ4v) is 4.94. The van der Waals surface area contributed by atoms with E-state index in [1.54, 1.807) is 0 Å². The Morgan fingerprint density at radius 2 is 0.917 bits per heavy atom. The molecule has 3 aliphatic carbocycles. The summed E-state index contributed by atoms with van der Waals surface area (Å²) in [6.45, 7) is 11.6. The summed E-state index contributed by atoms with van der Waals surface area (Å²) in [5, 5.41) is 7.19. The third-order valence-electron chi connectivity index (χ3n) is 7.02. The molecule has 3 aromatic heterocycles. The molecule has 0 unspecified atom stereocenters. The Labute approximate surface area is 282 Å². The molecule has 3 aliphatic rings. The molecule has 48 heavy (non-hydrogen) atoms. The smallest absolute Gasteiger partial charge is 0.208 e. The Kier molecular flexibility index (Phi) is 9.96. The van der Waals surface area contributed by atoms with Crippen LogP contribution < -0.4 is 0 Å². The van der Waals surface area contributed by atoms with Crippen molar-refractivity contribution in [2.24, 2.45) is 17.8 Å². The molecule has 12 heteroatoms. The van der Waals surface area contributed by atoms with Crippen LogP contribution in [0, 0.1) is 17.8 Å². The van der Waals surface area contributed by atoms with Gasteiger partial charge in [0, 0.05) is 29.1 Å². The second-order valence-corrected chi connectivity index (χ2v) is 12.5. The lowest BCUT2D eigenvalue weighted by Crippen LogP contribution is -2.19. The lowest BCUT2D eigenvalue weighted by molar-refractivity contribution is 0.0975. The highest BCUT2D eigenvalue weighted by atomic mass is 16.2. The molecule has 0 aromatic carbocycles. The van der Waals surface area contributed by atoms with Gasteiger partial charge in [0.15, 0.2) is 23.1 Å². The monoisotopic (exact) mass is 651 g/mol. The normalized spacial score (nSPS) is 16.6. The van der Waals surface area contributed by atoms with Crippen LogP contribution in [0.4, 0.5) is 0 Å². The van der Waals surface area contributed by atoms with Gasteiger partial charge in [-0.05, 0) is 55.2 Å². The number of hydrogen-bond donors (Lipinski definition) is 0. The molecule has 6 rings (SSSR count). The Morgan fingerprint density at radius 1 is 0.500 bits per heavy atom. The van der Waals surface area contributed by atoms with Gasteiger partial charge < -0.3 is 0 Å². The van der Waals surface area contributed by atoms with Crippen LogP contribution in [0.3, 0.4) is 0 Å². The van der Waals surface area contributed by atoms with E-state index in [2.05, 4.69) is 30.1 Å². The van der Waals surface area contributed by atoms with E-state index in [4.69, 9.17) is 4.11 Å². The molecule has 0 saturated heterocycles. The highest BCUT2D eigenvalue weighted by Gasteiger charge is 2.29. The van der Waals surface area contributed by atoms with Crippen molar-refractivity contribution in [3.05, 3.63) is 106 Å². The van der Waals surface area contributed by atoms with Gasteiger partial charge in [-0.1, -0.05) is 41.5 Å². The number of nitrogens with zero attached hydrogens (tertiary/aromatic N) is 6. The molecular weight excluding hydrogens is 612 g/mol. The van der Waals surface area contributed by atoms with E-state index in [9.17, 15) is 28.8 Å². The van der Waals surface area contributed by atoms with Gasteiger partial charge in [0.05, 0.1) is 38.8 Å². The van der Waals surface area contributed by atoms with E-state index in [1.807, 2.05) is 41.5 Å². The molecule has 0 N–H and O–H groups in total. The molecule has 0 aliphatic heterocycles. The second-order valence-electron chi connectivity index (χ2n) is 12.5. The average Bonchev–Trinajstić information content (AvgIpc) is 3.11. The maximum Gasteiger partial charge on any atom is 0.208 e. The zero-order valence-electron chi connectivity index (χ0n) is 30.5. The number of aromatic nitrogens is 6. The van der Waals surface area contributed by atoms with E-state index in [0.717, 1.165) is 0 Å². The summed E-state index contributed by atoms with van der Waals surface area (Å²) >= 11 is 0. The summed E-state index contributed by atoms with van der Waals surface area (Å²) in [6, 6.07) is -0.648. The SMILES string of the molecule is [2H]C1=C(CC(C)C)C(=O)c2cncnc2C1=O.[2H]C1=C(CC(C)C)C(=O)c2cnncc2C1=O.[2H]C1=C(CC(C)C)C(=O)c2ncncc2C1=O. The van der Waals surface area contributed by atoms with E-state index in [-0.39, 0.29) is 104 Å². The second kappa shape index (κ2) is 15.4. The Bertz CT molecular complexity index is 1840. The molecule has 0 radical (unpaired) electrons. The summed E-state index contributed by atoms with van der Waals surface area (Å²) < 4.78 is 23.2. The molecular formula is C36H36N6O6. The number of allylic oxidation sites excluding steroid dienone is 6. The molecule has 3 heterocycles. The molecule has 12 nitrogen and oxygen atoms in total. The topological polar surface area (TPSA) is 180 Å². The molecule has 0 atom stereocenters. The third kappa shape index (κ3) is 8.24.